The minimum atomic E-state index is -0.192. The largest absolute Gasteiger partial charge is 0.342 e. The van der Waals surface area contributed by atoms with E-state index in [9.17, 15) is 4.79 Å². The van der Waals surface area contributed by atoms with Crippen LogP contribution in [0.4, 0.5) is 5.69 Å². The molecule has 0 bridgehead atoms. The summed E-state index contributed by atoms with van der Waals surface area (Å²) in [4.78, 5) is 16.4. The van der Waals surface area contributed by atoms with Crippen LogP contribution in [0.5, 0.6) is 0 Å². The highest BCUT2D eigenvalue weighted by atomic mass is 79.9. The Hall–Kier alpha value is -1.33. The van der Waals surface area contributed by atoms with Crippen LogP contribution in [0.2, 0.25) is 5.15 Å². The van der Waals surface area contributed by atoms with Gasteiger partial charge in [0.05, 0.1) is 5.69 Å². The van der Waals surface area contributed by atoms with Crippen LogP contribution in [-0.4, -0.2) is 15.5 Å². The Morgan fingerprint density at radius 3 is 2.95 bits per heavy atom. The molecule has 0 saturated heterocycles. The Morgan fingerprint density at radius 1 is 1.55 bits per heavy atom. The molecule has 0 radical (unpaired) electrons. The Bertz CT molecular complexity index is 619. The molecule has 0 aliphatic rings. The number of rotatable bonds is 4. The number of carbonyl (C=O) groups is 1. The molecule has 2 aromatic rings. The van der Waals surface area contributed by atoms with Gasteiger partial charge in [-0.3, -0.25) is 4.79 Å². The van der Waals surface area contributed by atoms with Crippen molar-refractivity contribution >= 4 is 39.1 Å². The molecule has 0 fully saturated rings. The molecule has 1 N–H and O–H groups in total. The minimum absolute atomic E-state index is 0.192. The van der Waals surface area contributed by atoms with E-state index in [1.54, 1.807) is 12.3 Å². The van der Waals surface area contributed by atoms with Crippen molar-refractivity contribution in [2.24, 2.45) is 0 Å². The highest BCUT2D eigenvalue weighted by Crippen LogP contribution is 2.24. The van der Waals surface area contributed by atoms with E-state index in [0.29, 0.717) is 16.5 Å². The number of anilines is 1. The van der Waals surface area contributed by atoms with Crippen LogP contribution in [-0.2, 0) is 6.54 Å². The summed E-state index contributed by atoms with van der Waals surface area (Å²) >= 11 is 9.42. The molecule has 0 aromatic carbocycles. The van der Waals surface area contributed by atoms with Gasteiger partial charge in [-0.2, -0.15) is 0 Å². The summed E-state index contributed by atoms with van der Waals surface area (Å²) in [5, 5.41) is 3.13. The lowest BCUT2D eigenvalue weighted by molar-refractivity contribution is 0.101. The van der Waals surface area contributed by atoms with Crippen molar-refractivity contribution in [1.29, 1.82) is 0 Å². The van der Waals surface area contributed by atoms with E-state index in [-0.39, 0.29) is 5.91 Å². The van der Waals surface area contributed by atoms with Gasteiger partial charge in [-0.05, 0) is 47.0 Å². The van der Waals surface area contributed by atoms with Gasteiger partial charge in [-0.25, -0.2) is 4.98 Å². The molecule has 0 unspecified atom stereocenters. The van der Waals surface area contributed by atoms with Gasteiger partial charge in [-0.1, -0.05) is 18.5 Å². The van der Waals surface area contributed by atoms with E-state index in [4.69, 9.17) is 11.6 Å². The van der Waals surface area contributed by atoms with Crippen LogP contribution in [0.15, 0.2) is 29.0 Å². The molecule has 2 aromatic heterocycles. The van der Waals surface area contributed by atoms with Gasteiger partial charge in [0.1, 0.15) is 5.69 Å². The van der Waals surface area contributed by atoms with Crippen molar-refractivity contribution in [3.8, 4) is 0 Å². The molecule has 0 saturated carbocycles. The van der Waals surface area contributed by atoms with E-state index in [0.717, 1.165) is 23.0 Å². The molecule has 106 valence electrons. The fourth-order valence-corrected chi connectivity index (χ4v) is 2.66. The zero-order valence-corrected chi connectivity index (χ0v) is 13.6. The topological polar surface area (TPSA) is 46.9 Å². The van der Waals surface area contributed by atoms with Crippen molar-refractivity contribution in [3.05, 3.63) is 45.4 Å². The molecular formula is C14H15BrClN3O. The monoisotopic (exact) mass is 355 g/mol. The minimum Gasteiger partial charge on any atom is -0.342 e. The number of aromatic nitrogens is 2. The number of nitrogens with zero attached hydrogens (tertiary/aromatic N) is 2. The second kappa shape index (κ2) is 6.41. The van der Waals surface area contributed by atoms with Crippen molar-refractivity contribution in [2.45, 2.75) is 26.8 Å². The molecule has 0 atom stereocenters. The predicted molar refractivity (Wildman–Crippen MR) is 84.4 cm³/mol. The Labute approximate surface area is 131 Å². The van der Waals surface area contributed by atoms with Crippen LogP contribution >= 0.6 is 27.5 Å². The number of hydrogen-bond donors (Lipinski definition) is 1. The van der Waals surface area contributed by atoms with Gasteiger partial charge >= 0.3 is 0 Å². The fraction of sp³-hybridized carbons (Fsp3) is 0.286. The maximum absolute atomic E-state index is 12.4. The number of halogens is 2. The lowest BCUT2D eigenvalue weighted by Crippen LogP contribution is -2.17. The van der Waals surface area contributed by atoms with Crippen LogP contribution < -0.4 is 5.32 Å². The molecule has 1 amide bonds. The van der Waals surface area contributed by atoms with Crippen LogP contribution in [0.3, 0.4) is 0 Å². The molecular weight excluding hydrogens is 342 g/mol. The molecule has 0 spiro atoms. The van der Waals surface area contributed by atoms with Crippen molar-refractivity contribution < 1.29 is 4.79 Å². The number of pyridine rings is 1. The van der Waals surface area contributed by atoms with E-state index in [1.165, 1.54) is 0 Å². The van der Waals surface area contributed by atoms with Gasteiger partial charge in [0.25, 0.3) is 5.91 Å². The average molecular weight is 357 g/mol. The standard InChI is InChI=1S/C14H15BrClN3O/c1-3-6-19-8-10(15)7-11(19)14(20)18-12-9(2)4-5-17-13(12)16/h4-5,7-8H,3,6H2,1-2H3,(H,18,20). The van der Waals surface area contributed by atoms with Crippen LogP contribution in [0.1, 0.15) is 29.4 Å². The van der Waals surface area contributed by atoms with E-state index in [2.05, 4.69) is 33.2 Å². The highest BCUT2D eigenvalue weighted by molar-refractivity contribution is 9.10. The summed E-state index contributed by atoms with van der Waals surface area (Å²) in [6.45, 7) is 4.73. The summed E-state index contributed by atoms with van der Waals surface area (Å²) < 4.78 is 2.80. The fourth-order valence-electron chi connectivity index (χ4n) is 1.94. The second-order valence-electron chi connectivity index (χ2n) is 4.48. The molecule has 4 nitrogen and oxygen atoms in total. The molecule has 2 heterocycles. The average Bonchev–Trinajstić information content (AvgIpc) is 2.75. The summed E-state index contributed by atoms with van der Waals surface area (Å²) in [6, 6.07) is 3.60. The third kappa shape index (κ3) is 3.22. The lowest BCUT2D eigenvalue weighted by atomic mass is 10.2. The van der Waals surface area contributed by atoms with Crippen molar-refractivity contribution in [3.63, 3.8) is 0 Å². The Morgan fingerprint density at radius 2 is 2.30 bits per heavy atom. The zero-order chi connectivity index (χ0) is 14.7. The molecule has 6 heteroatoms. The lowest BCUT2D eigenvalue weighted by Gasteiger charge is -2.11. The number of nitrogens with one attached hydrogen (secondary N) is 1. The first kappa shape index (κ1) is 15.1. The van der Waals surface area contributed by atoms with E-state index in [1.807, 2.05) is 23.8 Å². The first-order valence-electron chi connectivity index (χ1n) is 6.31. The van der Waals surface area contributed by atoms with Gasteiger partial charge in [0.15, 0.2) is 5.15 Å². The third-order valence-corrected chi connectivity index (χ3v) is 3.63. The predicted octanol–water partition coefficient (Wildman–Crippen LogP) is 4.27. The first-order valence-corrected chi connectivity index (χ1v) is 7.48. The van der Waals surface area contributed by atoms with Gasteiger partial charge < -0.3 is 9.88 Å². The van der Waals surface area contributed by atoms with Crippen LogP contribution in [0.25, 0.3) is 0 Å². The molecule has 0 aliphatic heterocycles. The number of aryl methyl sites for hydroxylation is 2. The third-order valence-electron chi connectivity index (χ3n) is 2.91. The normalized spacial score (nSPS) is 10.6. The van der Waals surface area contributed by atoms with Gasteiger partial charge in [-0.15, -0.1) is 0 Å². The number of amides is 1. The van der Waals surface area contributed by atoms with Gasteiger partial charge in [0.2, 0.25) is 0 Å². The van der Waals surface area contributed by atoms with Crippen molar-refractivity contribution in [2.75, 3.05) is 5.32 Å². The van der Waals surface area contributed by atoms with E-state index < -0.39 is 0 Å². The van der Waals surface area contributed by atoms with Crippen molar-refractivity contribution in [1.82, 2.24) is 9.55 Å². The highest BCUT2D eigenvalue weighted by Gasteiger charge is 2.15. The maximum Gasteiger partial charge on any atom is 0.272 e. The zero-order valence-electron chi connectivity index (χ0n) is 11.3. The first-order chi connectivity index (χ1) is 9.52. The summed E-state index contributed by atoms with van der Waals surface area (Å²) in [7, 11) is 0. The quantitative estimate of drug-likeness (QED) is 0.832. The molecule has 20 heavy (non-hydrogen) atoms. The molecule has 0 aliphatic carbocycles. The van der Waals surface area contributed by atoms with Gasteiger partial charge in [0, 0.05) is 23.4 Å². The summed E-state index contributed by atoms with van der Waals surface area (Å²) in [6.07, 6.45) is 4.47. The summed E-state index contributed by atoms with van der Waals surface area (Å²) in [5.74, 6) is -0.192. The molecule has 2 rings (SSSR count). The number of hydrogen-bond acceptors (Lipinski definition) is 2. The number of carbonyl (C=O) groups excluding carboxylic acids is 1. The van der Waals surface area contributed by atoms with E-state index >= 15 is 0 Å². The Balaban J connectivity index is 2.28. The Kier molecular flexibility index (Phi) is 4.83. The maximum atomic E-state index is 12.4. The smallest absolute Gasteiger partial charge is 0.272 e. The SMILES string of the molecule is CCCn1cc(Br)cc1C(=O)Nc1c(C)ccnc1Cl. The van der Waals surface area contributed by atoms with Crippen LogP contribution in [0, 0.1) is 6.92 Å². The second-order valence-corrected chi connectivity index (χ2v) is 5.76. The summed E-state index contributed by atoms with van der Waals surface area (Å²) in [5.41, 5.74) is 2.03.